The van der Waals surface area contributed by atoms with E-state index in [4.69, 9.17) is 10.5 Å². The Labute approximate surface area is 226 Å². The minimum atomic E-state index is -1.35. The van der Waals surface area contributed by atoms with Gasteiger partial charge in [0.05, 0.1) is 6.42 Å². The number of nitrogens with zero attached hydrogens (tertiary/aromatic N) is 1. The zero-order valence-corrected chi connectivity index (χ0v) is 23.9. The highest BCUT2D eigenvalue weighted by Gasteiger charge is 2.39. The van der Waals surface area contributed by atoms with Crippen LogP contribution in [0.15, 0.2) is 24.3 Å². The molecule has 1 rings (SSSR count). The molecule has 3 unspecified atom stereocenters. The number of ether oxygens (including phenoxy) is 1. The number of nitrogens with two attached hydrogens (primary N) is 1. The van der Waals surface area contributed by atoms with Crippen molar-refractivity contribution in [3.63, 3.8) is 0 Å². The van der Waals surface area contributed by atoms with Crippen LogP contribution in [0.4, 0.5) is 4.79 Å². The Morgan fingerprint density at radius 1 is 1.11 bits per heavy atom. The first-order chi connectivity index (χ1) is 17.7. The first kappa shape index (κ1) is 32.7. The average molecular weight is 535 g/mol. The van der Waals surface area contributed by atoms with Gasteiger partial charge in [0.15, 0.2) is 0 Å². The van der Waals surface area contributed by atoms with E-state index in [1.807, 2.05) is 13.8 Å². The number of rotatable bonds is 14. The Bertz CT molecular complexity index is 944. The molecule has 0 bridgehead atoms. The molecule has 0 aliphatic carbocycles. The quantitative estimate of drug-likeness (QED) is 0.267. The summed E-state index contributed by atoms with van der Waals surface area (Å²) < 4.78 is 5.31. The number of carbonyl (C=O) groups excluding carboxylic acids is 4. The fraction of sp³-hybridized carbons (Fsp3) is 0.643. The van der Waals surface area contributed by atoms with Crippen LogP contribution in [0.5, 0.6) is 5.75 Å². The summed E-state index contributed by atoms with van der Waals surface area (Å²) in [6.07, 6.45) is 1.60. The number of unbranched alkanes of at least 4 members (excludes halogenated alkanes) is 1. The maximum Gasteiger partial charge on any atom is 0.408 e. The van der Waals surface area contributed by atoms with Crippen molar-refractivity contribution in [2.45, 2.75) is 104 Å². The molecule has 1 aromatic carbocycles. The third-order valence-corrected chi connectivity index (χ3v) is 5.83. The summed E-state index contributed by atoms with van der Waals surface area (Å²) >= 11 is 0. The number of aromatic hydroxyl groups is 1. The number of phenols is 1. The van der Waals surface area contributed by atoms with Gasteiger partial charge in [-0.3, -0.25) is 14.4 Å². The van der Waals surface area contributed by atoms with Gasteiger partial charge in [0.2, 0.25) is 17.7 Å². The van der Waals surface area contributed by atoms with Gasteiger partial charge in [-0.1, -0.05) is 39.3 Å². The molecule has 10 nitrogen and oxygen atoms in total. The summed E-state index contributed by atoms with van der Waals surface area (Å²) in [6, 6.07) is 3.23. The Hall–Kier alpha value is -3.30. The summed E-state index contributed by atoms with van der Waals surface area (Å²) in [5.41, 5.74) is 5.01. The van der Waals surface area contributed by atoms with Crippen LogP contribution in [0, 0.1) is 5.92 Å². The summed E-state index contributed by atoms with van der Waals surface area (Å²) in [5, 5.41) is 15.5. The van der Waals surface area contributed by atoms with Crippen molar-refractivity contribution in [2.24, 2.45) is 11.7 Å². The van der Waals surface area contributed by atoms with E-state index in [0.717, 1.165) is 19.3 Å². The largest absolute Gasteiger partial charge is 0.508 e. The molecule has 1 aromatic rings. The Morgan fingerprint density at radius 2 is 1.76 bits per heavy atom. The average Bonchev–Trinajstić information content (AvgIpc) is 2.78. The molecule has 4 amide bonds. The van der Waals surface area contributed by atoms with Crippen LogP contribution in [-0.4, -0.2) is 58.1 Å². The highest BCUT2D eigenvalue weighted by Crippen LogP contribution is 2.29. The molecule has 0 radical (unpaired) electrons. The van der Waals surface area contributed by atoms with Crippen molar-refractivity contribution < 1.29 is 29.0 Å². The van der Waals surface area contributed by atoms with Crippen LogP contribution in [-0.2, 0) is 19.1 Å². The van der Waals surface area contributed by atoms with Crippen LogP contribution in [0.1, 0.15) is 92.2 Å². The summed E-state index contributed by atoms with van der Waals surface area (Å²) in [5.74, 6) is -1.59. The first-order valence-corrected chi connectivity index (χ1v) is 13.3. The molecule has 0 saturated heterocycles. The van der Waals surface area contributed by atoms with E-state index in [1.165, 1.54) is 17.0 Å². The number of carbonyl (C=O) groups is 4. The Kier molecular flexibility index (Phi) is 13.1. The van der Waals surface area contributed by atoms with E-state index in [1.54, 1.807) is 32.9 Å². The maximum atomic E-state index is 14.1. The highest BCUT2D eigenvalue weighted by atomic mass is 16.6. The van der Waals surface area contributed by atoms with Crippen molar-refractivity contribution in [1.29, 1.82) is 0 Å². The second-order valence-electron chi connectivity index (χ2n) is 11.1. The van der Waals surface area contributed by atoms with Gasteiger partial charge in [0.1, 0.15) is 23.4 Å². The first-order valence-electron chi connectivity index (χ1n) is 13.3. The number of primary amides is 1. The zero-order valence-electron chi connectivity index (χ0n) is 23.9. The number of amides is 4. The second-order valence-corrected chi connectivity index (χ2v) is 11.1. The summed E-state index contributed by atoms with van der Waals surface area (Å²) in [6.45, 7) is 13.4. The van der Waals surface area contributed by atoms with E-state index < -0.39 is 54.0 Å². The number of phenolic OH excluding ortho intramolecular Hbond substituents is 1. The van der Waals surface area contributed by atoms with Gasteiger partial charge in [-0.15, -0.1) is 0 Å². The predicted molar refractivity (Wildman–Crippen MR) is 146 cm³/mol. The zero-order chi connectivity index (χ0) is 29.0. The van der Waals surface area contributed by atoms with Crippen molar-refractivity contribution >= 4 is 23.8 Å². The molecule has 5 N–H and O–H groups in total. The lowest BCUT2D eigenvalue weighted by atomic mass is 9.96. The molecular formula is C28H46N4O6. The SMILES string of the molecule is CCCCNC(=O)C(c1cccc(O)c1)N(C(=O)C(CC(N)=O)NC(=O)OC(C)(C)C)C(C)CCC(C)C. The van der Waals surface area contributed by atoms with Crippen LogP contribution in [0.2, 0.25) is 0 Å². The van der Waals surface area contributed by atoms with Gasteiger partial charge < -0.3 is 31.1 Å². The van der Waals surface area contributed by atoms with Crippen molar-refractivity contribution in [3.8, 4) is 5.75 Å². The molecule has 0 spiro atoms. The molecule has 0 aromatic heterocycles. The minimum Gasteiger partial charge on any atom is -0.508 e. The number of nitrogens with one attached hydrogen (secondary N) is 2. The Balaban J connectivity index is 3.59. The molecule has 0 aliphatic heterocycles. The summed E-state index contributed by atoms with van der Waals surface area (Å²) in [7, 11) is 0. The smallest absolute Gasteiger partial charge is 0.408 e. The van der Waals surface area contributed by atoms with Crippen LogP contribution in [0.25, 0.3) is 0 Å². The van der Waals surface area contributed by atoms with E-state index >= 15 is 0 Å². The molecule has 0 heterocycles. The van der Waals surface area contributed by atoms with Crippen LogP contribution >= 0.6 is 0 Å². The predicted octanol–water partition coefficient (Wildman–Crippen LogP) is 3.77. The monoisotopic (exact) mass is 534 g/mol. The highest BCUT2D eigenvalue weighted by molar-refractivity contribution is 5.94. The van der Waals surface area contributed by atoms with E-state index in [2.05, 4.69) is 24.5 Å². The van der Waals surface area contributed by atoms with E-state index in [9.17, 15) is 24.3 Å². The third-order valence-electron chi connectivity index (χ3n) is 5.83. The van der Waals surface area contributed by atoms with Crippen molar-refractivity contribution in [1.82, 2.24) is 15.5 Å². The fourth-order valence-corrected chi connectivity index (χ4v) is 3.96. The standard InChI is InChI=1S/C28H46N4O6/c1-8-9-15-30-25(35)24(20-11-10-12-21(33)16-20)32(19(4)14-13-18(2)3)26(36)22(17-23(29)34)31-27(37)38-28(5,6)7/h10-12,16,18-19,22,24,33H,8-9,13-15,17H2,1-7H3,(H2,29,34)(H,30,35)(H,31,37). The van der Waals surface area contributed by atoms with Crippen LogP contribution < -0.4 is 16.4 Å². The third kappa shape index (κ3) is 11.4. The van der Waals surface area contributed by atoms with Gasteiger partial charge in [-0.25, -0.2) is 4.79 Å². The lowest BCUT2D eigenvalue weighted by molar-refractivity contribution is -0.146. The summed E-state index contributed by atoms with van der Waals surface area (Å²) in [4.78, 5) is 53.6. The molecule has 0 saturated carbocycles. The molecule has 0 fully saturated rings. The minimum absolute atomic E-state index is 0.0587. The van der Waals surface area contributed by atoms with E-state index in [0.29, 0.717) is 24.4 Å². The lowest BCUT2D eigenvalue weighted by Crippen LogP contribution is -2.56. The maximum absolute atomic E-state index is 14.1. The number of alkyl carbamates (subject to hydrolysis) is 1. The molecular weight excluding hydrogens is 488 g/mol. The van der Waals surface area contributed by atoms with Crippen LogP contribution in [0.3, 0.4) is 0 Å². The van der Waals surface area contributed by atoms with Crippen molar-refractivity contribution in [2.75, 3.05) is 6.54 Å². The topological polar surface area (TPSA) is 151 Å². The van der Waals surface area contributed by atoms with Gasteiger partial charge in [-0.05, 0) is 70.6 Å². The van der Waals surface area contributed by atoms with E-state index in [-0.39, 0.29) is 5.75 Å². The molecule has 0 aliphatic rings. The molecule has 3 atom stereocenters. The Morgan fingerprint density at radius 3 is 2.29 bits per heavy atom. The number of hydrogen-bond acceptors (Lipinski definition) is 6. The normalized spacial score (nSPS) is 13.8. The molecule has 214 valence electrons. The van der Waals surface area contributed by atoms with Gasteiger partial charge in [-0.2, -0.15) is 0 Å². The van der Waals surface area contributed by atoms with Crippen molar-refractivity contribution in [3.05, 3.63) is 29.8 Å². The fourth-order valence-electron chi connectivity index (χ4n) is 3.96. The molecule has 10 heteroatoms. The molecule has 38 heavy (non-hydrogen) atoms. The van der Waals surface area contributed by atoms with Gasteiger partial charge >= 0.3 is 6.09 Å². The number of benzene rings is 1. The van der Waals surface area contributed by atoms with Gasteiger partial charge in [0, 0.05) is 12.6 Å². The van der Waals surface area contributed by atoms with Gasteiger partial charge in [0.25, 0.3) is 0 Å². The lowest BCUT2D eigenvalue weighted by Gasteiger charge is -2.38. The number of hydrogen-bond donors (Lipinski definition) is 4. The second kappa shape index (κ2) is 15.2.